The minimum Gasteiger partial charge on any atom is -0.481 e. The molecule has 0 aliphatic carbocycles. The van der Waals surface area contributed by atoms with Crippen molar-refractivity contribution < 1.29 is 18.7 Å². The van der Waals surface area contributed by atoms with Crippen molar-refractivity contribution in [1.82, 2.24) is 4.90 Å². The Labute approximate surface area is 205 Å². The summed E-state index contributed by atoms with van der Waals surface area (Å²) in [4.78, 5) is 27.8. The maximum Gasteiger partial charge on any atom is 0.265 e. The van der Waals surface area contributed by atoms with Gasteiger partial charge in [0, 0.05) is 17.6 Å². The molecule has 1 N–H and O–H groups in total. The van der Waals surface area contributed by atoms with Crippen LogP contribution in [0.1, 0.15) is 50.4 Å². The number of hydrogen-bond acceptors (Lipinski definition) is 3. The number of para-hydroxylation sites is 1. The van der Waals surface area contributed by atoms with E-state index in [4.69, 9.17) is 4.74 Å². The first kappa shape index (κ1) is 24.5. The van der Waals surface area contributed by atoms with E-state index in [1.807, 2.05) is 80.3 Å². The number of carbonyl (C=O) groups excluding carboxylic acids is 2. The number of amides is 2. The number of rotatable bonds is 5. The molecule has 1 aliphatic heterocycles. The van der Waals surface area contributed by atoms with Gasteiger partial charge < -0.3 is 15.0 Å². The van der Waals surface area contributed by atoms with E-state index >= 15 is 0 Å². The van der Waals surface area contributed by atoms with Gasteiger partial charge in [0.1, 0.15) is 11.6 Å². The summed E-state index contributed by atoms with van der Waals surface area (Å²) in [6, 6.07) is 20.8. The second kappa shape index (κ2) is 9.90. The fourth-order valence-corrected chi connectivity index (χ4v) is 4.38. The van der Waals surface area contributed by atoms with Gasteiger partial charge in [-0.3, -0.25) is 9.59 Å². The number of carbonyl (C=O) groups is 2. The number of hydrogen-bond donors (Lipinski definition) is 1. The highest BCUT2D eigenvalue weighted by Crippen LogP contribution is 2.39. The van der Waals surface area contributed by atoms with E-state index in [-0.39, 0.29) is 17.6 Å². The lowest BCUT2D eigenvalue weighted by molar-refractivity contribution is -0.141. The maximum atomic E-state index is 14.2. The van der Waals surface area contributed by atoms with Crippen LogP contribution in [-0.2, 0) is 16.0 Å². The predicted molar refractivity (Wildman–Crippen MR) is 135 cm³/mol. The molecule has 4 rings (SSSR count). The van der Waals surface area contributed by atoms with Crippen molar-refractivity contribution in [2.24, 2.45) is 5.41 Å². The monoisotopic (exact) mass is 474 g/mol. The normalized spacial score (nSPS) is 16.3. The highest BCUT2D eigenvalue weighted by Gasteiger charge is 2.37. The van der Waals surface area contributed by atoms with Crippen molar-refractivity contribution in [2.45, 2.75) is 46.3 Å². The van der Waals surface area contributed by atoms with Crippen molar-refractivity contribution >= 4 is 17.5 Å². The van der Waals surface area contributed by atoms with Gasteiger partial charge >= 0.3 is 0 Å². The summed E-state index contributed by atoms with van der Waals surface area (Å²) in [6.07, 6.45) is -0.0513. The maximum absolute atomic E-state index is 14.2. The Kier molecular flexibility index (Phi) is 6.92. The van der Waals surface area contributed by atoms with Gasteiger partial charge in [-0.2, -0.15) is 0 Å². The Morgan fingerprint density at radius 1 is 1.03 bits per heavy atom. The highest BCUT2D eigenvalue weighted by atomic mass is 19.1. The van der Waals surface area contributed by atoms with E-state index in [1.165, 1.54) is 12.1 Å². The van der Waals surface area contributed by atoms with E-state index in [2.05, 4.69) is 5.32 Å². The van der Waals surface area contributed by atoms with Gasteiger partial charge in [0.2, 0.25) is 5.91 Å². The number of benzene rings is 3. The predicted octanol–water partition coefficient (Wildman–Crippen LogP) is 5.75. The van der Waals surface area contributed by atoms with E-state index in [9.17, 15) is 14.0 Å². The lowest BCUT2D eigenvalue weighted by Gasteiger charge is -2.41. The fourth-order valence-electron chi connectivity index (χ4n) is 4.38. The average Bonchev–Trinajstić information content (AvgIpc) is 2.82. The molecule has 3 aromatic rings. The summed E-state index contributed by atoms with van der Waals surface area (Å²) in [6.45, 7) is 7.90. The van der Waals surface area contributed by atoms with Gasteiger partial charge in [-0.15, -0.1) is 0 Å². The number of fused-ring (bicyclic) bond motifs is 1. The first-order chi connectivity index (χ1) is 16.6. The van der Waals surface area contributed by atoms with Gasteiger partial charge in [0.05, 0.1) is 6.04 Å². The zero-order valence-corrected chi connectivity index (χ0v) is 20.5. The number of anilines is 1. The summed E-state index contributed by atoms with van der Waals surface area (Å²) in [5.74, 6) is -0.0956. The van der Waals surface area contributed by atoms with Crippen molar-refractivity contribution in [3.05, 3.63) is 95.3 Å². The standard InChI is InChI=1S/C29H31FN2O3/c1-19(27(33)31-23-11-6-5-7-12-23)35-24-14-13-20-15-16-32(28(34)29(2,3)4)26(25(20)18-24)21-9-8-10-22(30)17-21/h5-14,17-19,26H,15-16H2,1-4H3,(H,31,33)/t19-,26-/m0/s1. The zero-order chi connectivity index (χ0) is 25.2. The van der Waals surface area contributed by atoms with Crippen LogP contribution in [0.25, 0.3) is 0 Å². The zero-order valence-electron chi connectivity index (χ0n) is 20.5. The molecule has 1 aliphatic rings. The average molecular weight is 475 g/mol. The lowest BCUT2D eigenvalue weighted by atomic mass is 9.85. The number of ether oxygens (including phenoxy) is 1. The number of halogens is 1. The molecule has 0 aromatic heterocycles. The molecule has 3 aromatic carbocycles. The fraction of sp³-hybridized carbons (Fsp3) is 0.310. The van der Waals surface area contributed by atoms with Crippen LogP contribution >= 0.6 is 0 Å². The highest BCUT2D eigenvalue weighted by molar-refractivity contribution is 5.94. The van der Waals surface area contributed by atoms with Crippen LogP contribution in [0.2, 0.25) is 0 Å². The van der Waals surface area contributed by atoms with Crippen molar-refractivity contribution in [3.8, 4) is 5.75 Å². The molecule has 5 nitrogen and oxygen atoms in total. The summed E-state index contributed by atoms with van der Waals surface area (Å²) in [7, 11) is 0. The molecule has 35 heavy (non-hydrogen) atoms. The van der Waals surface area contributed by atoms with E-state index in [1.54, 1.807) is 13.0 Å². The van der Waals surface area contributed by atoms with Crippen LogP contribution < -0.4 is 10.1 Å². The van der Waals surface area contributed by atoms with Crippen molar-refractivity contribution in [1.29, 1.82) is 0 Å². The second-order valence-electron chi connectivity index (χ2n) is 9.93. The largest absolute Gasteiger partial charge is 0.481 e. The van der Waals surface area contributed by atoms with Crippen LogP contribution in [0.4, 0.5) is 10.1 Å². The second-order valence-corrected chi connectivity index (χ2v) is 9.93. The molecule has 0 spiro atoms. The van der Waals surface area contributed by atoms with Gasteiger partial charge in [-0.1, -0.05) is 57.2 Å². The molecule has 0 unspecified atom stereocenters. The molecule has 182 valence electrons. The number of nitrogens with zero attached hydrogens (tertiary/aromatic N) is 1. The van der Waals surface area contributed by atoms with E-state index < -0.39 is 17.6 Å². The van der Waals surface area contributed by atoms with Gasteiger partial charge in [-0.25, -0.2) is 4.39 Å². The molecule has 0 saturated carbocycles. The first-order valence-corrected chi connectivity index (χ1v) is 11.9. The minimum atomic E-state index is -0.739. The molecule has 6 heteroatoms. The molecule has 2 atom stereocenters. The molecule has 1 heterocycles. The summed E-state index contributed by atoms with van der Waals surface area (Å²) in [5.41, 5.74) is 2.77. The molecular weight excluding hydrogens is 443 g/mol. The van der Waals surface area contributed by atoms with Crippen molar-refractivity contribution in [3.63, 3.8) is 0 Å². The van der Waals surface area contributed by atoms with Crippen LogP contribution in [-0.4, -0.2) is 29.4 Å². The van der Waals surface area contributed by atoms with E-state index in [0.717, 1.165) is 11.1 Å². The van der Waals surface area contributed by atoms with Crippen LogP contribution in [0, 0.1) is 11.2 Å². The van der Waals surface area contributed by atoms with E-state index in [0.29, 0.717) is 30.0 Å². The van der Waals surface area contributed by atoms with Gasteiger partial charge in [0.25, 0.3) is 5.91 Å². The molecule has 0 saturated heterocycles. The third-order valence-electron chi connectivity index (χ3n) is 6.14. The third kappa shape index (κ3) is 5.53. The van der Waals surface area contributed by atoms with Crippen molar-refractivity contribution in [2.75, 3.05) is 11.9 Å². The van der Waals surface area contributed by atoms with Crippen LogP contribution in [0.3, 0.4) is 0 Å². The topological polar surface area (TPSA) is 58.6 Å². The summed E-state index contributed by atoms with van der Waals surface area (Å²) in [5, 5.41) is 2.85. The molecular formula is C29H31FN2O3. The molecule has 0 bridgehead atoms. The molecule has 0 radical (unpaired) electrons. The Morgan fingerprint density at radius 2 is 1.77 bits per heavy atom. The first-order valence-electron chi connectivity index (χ1n) is 11.9. The Bertz CT molecular complexity index is 1220. The summed E-state index contributed by atoms with van der Waals surface area (Å²) < 4.78 is 20.2. The number of nitrogens with one attached hydrogen (secondary N) is 1. The van der Waals surface area contributed by atoms with Gasteiger partial charge in [0.15, 0.2) is 6.10 Å². The summed E-state index contributed by atoms with van der Waals surface area (Å²) >= 11 is 0. The molecule has 0 fully saturated rings. The quantitative estimate of drug-likeness (QED) is 0.512. The molecule has 2 amide bonds. The Hall–Kier alpha value is -3.67. The smallest absolute Gasteiger partial charge is 0.265 e. The Morgan fingerprint density at radius 3 is 2.46 bits per heavy atom. The Balaban J connectivity index is 1.65. The van der Waals surface area contributed by atoms with Crippen LogP contribution in [0.5, 0.6) is 5.75 Å². The lowest BCUT2D eigenvalue weighted by Crippen LogP contribution is -2.45. The minimum absolute atomic E-state index is 0.000611. The third-order valence-corrected chi connectivity index (χ3v) is 6.14. The SMILES string of the molecule is C[C@H](Oc1ccc2c(c1)[C@H](c1cccc(F)c1)N(C(=O)C(C)(C)C)CC2)C(=O)Nc1ccccc1. The van der Waals surface area contributed by atoms with Crippen LogP contribution in [0.15, 0.2) is 72.8 Å². The van der Waals surface area contributed by atoms with Gasteiger partial charge in [-0.05, 0) is 66.4 Å².